The van der Waals surface area contributed by atoms with Crippen molar-refractivity contribution in [1.29, 1.82) is 5.26 Å². The van der Waals surface area contributed by atoms with Gasteiger partial charge in [-0.2, -0.15) is 5.26 Å². The summed E-state index contributed by atoms with van der Waals surface area (Å²) in [5.74, 6) is -0.380. The van der Waals surface area contributed by atoms with Crippen molar-refractivity contribution in [2.75, 3.05) is 0 Å². The molecule has 3 nitrogen and oxygen atoms in total. The third-order valence-corrected chi connectivity index (χ3v) is 3.06. The van der Waals surface area contributed by atoms with E-state index >= 15 is 0 Å². The third-order valence-electron chi connectivity index (χ3n) is 3.06. The average Bonchev–Trinajstić information content (AvgIpc) is 2.46. The molecule has 1 N–H and O–H groups in total. The molecule has 0 aliphatic carbocycles. The van der Waals surface area contributed by atoms with Crippen LogP contribution in [0.3, 0.4) is 0 Å². The van der Waals surface area contributed by atoms with Crippen molar-refractivity contribution in [3.63, 3.8) is 0 Å². The second-order valence-corrected chi connectivity index (χ2v) is 4.38. The predicted molar refractivity (Wildman–Crippen MR) is 73.5 cm³/mol. The van der Waals surface area contributed by atoms with Gasteiger partial charge in [-0.25, -0.2) is 9.37 Å². The number of pyridine rings is 1. The van der Waals surface area contributed by atoms with Crippen molar-refractivity contribution in [3.05, 3.63) is 59.9 Å². The number of fused-ring (bicyclic) bond motifs is 1. The molecule has 3 rings (SSSR count). The van der Waals surface area contributed by atoms with Gasteiger partial charge in [0, 0.05) is 10.9 Å². The molecule has 0 amide bonds. The van der Waals surface area contributed by atoms with E-state index in [1.54, 1.807) is 36.4 Å². The number of nitrogens with zero attached hydrogens (tertiary/aromatic N) is 2. The molecule has 0 aliphatic rings. The van der Waals surface area contributed by atoms with Crippen LogP contribution in [0.1, 0.15) is 5.56 Å². The molecule has 0 unspecified atom stereocenters. The zero-order valence-corrected chi connectivity index (χ0v) is 10.3. The highest BCUT2D eigenvalue weighted by Crippen LogP contribution is 2.24. The van der Waals surface area contributed by atoms with E-state index in [1.165, 1.54) is 12.1 Å². The van der Waals surface area contributed by atoms with E-state index in [0.29, 0.717) is 16.8 Å². The first-order chi connectivity index (χ1) is 9.67. The molecule has 3 aromatic rings. The van der Waals surface area contributed by atoms with Crippen molar-refractivity contribution < 1.29 is 9.50 Å². The van der Waals surface area contributed by atoms with Gasteiger partial charge in [-0.3, -0.25) is 0 Å². The van der Waals surface area contributed by atoms with Crippen LogP contribution in [0.2, 0.25) is 0 Å². The number of nitriles is 1. The number of hydrogen-bond acceptors (Lipinski definition) is 3. The Morgan fingerprint density at radius 2 is 1.90 bits per heavy atom. The summed E-state index contributed by atoms with van der Waals surface area (Å²) >= 11 is 0. The molecule has 2 aromatic carbocycles. The topological polar surface area (TPSA) is 56.9 Å². The number of hydrogen-bond donors (Lipinski definition) is 1. The molecule has 0 radical (unpaired) electrons. The monoisotopic (exact) mass is 264 g/mol. The minimum absolute atomic E-state index is 0.0134. The first-order valence-electron chi connectivity index (χ1n) is 5.97. The fourth-order valence-electron chi connectivity index (χ4n) is 2.04. The number of phenols is 1. The van der Waals surface area contributed by atoms with Gasteiger partial charge in [-0.15, -0.1) is 0 Å². The predicted octanol–water partition coefficient (Wildman–Crippen LogP) is 3.62. The van der Waals surface area contributed by atoms with E-state index in [2.05, 4.69) is 4.98 Å². The van der Waals surface area contributed by atoms with Crippen LogP contribution >= 0.6 is 0 Å². The van der Waals surface area contributed by atoms with E-state index in [1.807, 2.05) is 6.07 Å². The second kappa shape index (κ2) is 4.63. The van der Waals surface area contributed by atoms with E-state index in [4.69, 9.17) is 5.26 Å². The van der Waals surface area contributed by atoms with Gasteiger partial charge in [0.05, 0.1) is 16.8 Å². The van der Waals surface area contributed by atoms with Gasteiger partial charge in [0.1, 0.15) is 17.6 Å². The van der Waals surface area contributed by atoms with Crippen molar-refractivity contribution in [2.45, 2.75) is 0 Å². The summed E-state index contributed by atoms with van der Waals surface area (Å²) < 4.78 is 13.6. The Bertz CT molecular complexity index is 853. The number of aromatic hydroxyl groups is 1. The first kappa shape index (κ1) is 12.1. The third kappa shape index (κ3) is 2.06. The van der Waals surface area contributed by atoms with Crippen LogP contribution in [0.15, 0.2) is 48.5 Å². The summed E-state index contributed by atoms with van der Waals surface area (Å²) in [6.07, 6.45) is 0. The Morgan fingerprint density at radius 3 is 2.65 bits per heavy atom. The molecule has 96 valence electrons. The SMILES string of the molecule is N#Cc1ccc(-c2ccc3cc(O)ccc3n2)cc1F. The van der Waals surface area contributed by atoms with Gasteiger partial charge in [-0.05, 0) is 36.4 Å². The second-order valence-electron chi connectivity index (χ2n) is 4.38. The van der Waals surface area contributed by atoms with Crippen molar-refractivity contribution in [2.24, 2.45) is 0 Å². The summed E-state index contributed by atoms with van der Waals surface area (Å²) in [5.41, 5.74) is 1.95. The molecule has 4 heteroatoms. The highest BCUT2D eigenvalue weighted by atomic mass is 19.1. The quantitative estimate of drug-likeness (QED) is 0.730. The van der Waals surface area contributed by atoms with E-state index in [-0.39, 0.29) is 11.3 Å². The lowest BCUT2D eigenvalue weighted by Gasteiger charge is -2.04. The smallest absolute Gasteiger partial charge is 0.141 e. The van der Waals surface area contributed by atoms with Crippen molar-refractivity contribution in [3.8, 4) is 23.1 Å². The van der Waals surface area contributed by atoms with Crippen LogP contribution in [0, 0.1) is 17.1 Å². The van der Waals surface area contributed by atoms with Crippen molar-refractivity contribution in [1.82, 2.24) is 4.98 Å². The lowest BCUT2D eigenvalue weighted by molar-refractivity contribution is 0.476. The Hall–Kier alpha value is -2.93. The summed E-state index contributed by atoms with van der Waals surface area (Å²) in [5, 5.41) is 18.9. The van der Waals surface area contributed by atoms with Gasteiger partial charge in [0.15, 0.2) is 0 Å². The number of rotatable bonds is 1. The number of benzene rings is 2. The van der Waals surface area contributed by atoms with Gasteiger partial charge in [0.2, 0.25) is 0 Å². The molecule has 0 bridgehead atoms. The van der Waals surface area contributed by atoms with Crippen LogP contribution in [0.5, 0.6) is 5.75 Å². The lowest BCUT2D eigenvalue weighted by Crippen LogP contribution is -1.89. The van der Waals surface area contributed by atoms with Crippen LogP contribution in [-0.4, -0.2) is 10.1 Å². The van der Waals surface area contributed by atoms with Crippen LogP contribution in [0.4, 0.5) is 4.39 Å². The Morgan fingerprint density at radius 1 is 1.05 bits per heavy atom. The lowest BCUT2D eigenvalue weighted by atomic mass is 10.1. The van der Waals surface area contributed by atoms with Gasteiger partial charge in [-0.1, -0.05) is 12.1 Å². The van der Waals surface area contributed by atoms with E-state index < -0.39 is 5.82 Å². The average molecular weight is 264 g/mol. The molecule has 1 aromatic heterocycles. The van der Waals surface area contributed by atoms with Crippen molar-refractivity contribution >= 4 is 10.9 Å². The highest BCUT2D eigenvalue weighted by molar-refractivity contribution is 5.82. The molecule has 20 heavy (non-hydrogen) atoms. The summed E-state index contributed by atoms with van der Waals surface area (Å²) in [7, 11) is 0. The van der Waals surface area contributed by atoms with Gasteiger partial charge in [0.25, 0.3) is 0 Å². The van der Waals surface area contributed by atoms with Gasteiger partial charge >= 0.3 is 0 Å². The summed E-state index contributed by atoms with van der Waals surface area (Å²) in [6, 6.07) is 14.6. The molecule has 0 saturated carbocycles. The van der Waals surface area contributed by atoms with Crippen LogP contribution < -0.4 is 0 Å². The molecule has 0 atom stereocenters. The first-order valence-corrected chi connectivity index (χ1v) is 5.97. The highest BCUT2D eigenvalue weighted by Gasteiger charge is 2.06. The van der Waals surface area contributed by atoms with E-state index in [0.717, 1.165) is 5.39 Å². The standard InChI is InChI=1S/C16H9FN2O/c17-14-8-11(1-2-12(14)9-18)15-5-3-10-7-13(20)4-6-16(10)19-15/h1-8,20H. The largest absolute Gasteiger partial charge is 0.508 e. The zero-order valence-electron chi connectivity index (χ0n) is 10.3. The molecule has 0 aliphatic heterocycles. The van der Waals surface area contributed by atoms with Crippen LogP contribution in [0.25, 0.3) is 22.2 Å². The van der Waals surface area contributed by atoms with Crippen LogP contribution in [-0.2, 0) is 0 Å². The fraction of sp³-hybridized carbons (Fsp3) is 0. The number of phenolic OH excluding ortho intramolecular Hbond substituents is 1. The fourth-order valence-corrected chi connectivity index (χ4v) is 2.04. The maximum Gasteiger partial charge on any atom is 0.141 e. The minimum atomic E-state index is -0.558. The summed E-state index contributed by atoms with van der Waals surface area (Å²) in [6.45, 7) is 0. The minimum Gasteiger partial charge on any atom is -0.508 e. The number of halogens is 1. The Kier molecular flexibility index (Phi) is 2.81. The van der Waals surface area contributed by atoms with E-state index in [9.17, 15) is 9.50 Å². The Balaban J connectivity index is 2.13. The molecule has 0 spiro atoms. The molecule has 1 heterocycles. The zero-order chi connectivity index (χ0) is 14.1. The molecular formula is C16H9FN2O. The van der Waals surface area contributed by atoms with Gasteiger partial charge < -0.3 is 5.11 Å². The molecular weight excluding hydrogens is 255 g/mol. The number of aromatic nitrogens is 1. The maximum absolute atomic E-state index is 13.6. The Labute approximate surface area is 114 Å². The molecule has 0 saturated heterocycles. The molecule has 0 fully saturated rings. The normalized spacial score (nSPS) is 10.4. The summed E-state index contributed by atoms with van der Waals surface area (Å²) in [4.78, 5) is 4.42. The maximum atomic E-state index is 13.6.